The lowest BCUT2D eigenvalue weighted by Gasteiger charge is -1.98. The molecule has 114 valence electrons. The predicted molar refractivity (Wildman–Crippen MR) is 85.2 cm³/mol. The number of halogens is 1. The monoisotopic (exact) mass is 327 g/mol. The largest absolute Gasteiger partial charge is 0.467 e. The standard InChI is InChI=1S/C14H17N3O2S.ClH/c15-7-10-6-9(8-19-10)13(18)17-14-16-11-4-2-1-3-5-12(11)20-14;/h6,8H,1-5,7,15H2,(H,16,17,18);1H. The molecule has 3 N–H and O–H groups in total. The maximum absolute atomic E-state index is 12.1. The zero-order chi connectivity index (χ0) is 13.9. The number of thiazole rings is 1. The zero-order valence-electron chi connectivity index (χ0n) is 11.6. The molecule has 5 nitrogen and oxygen atoms in total. The van der Waals surface area contributed by atoms with Crippen molar-refractivity contribution in [3.05, 3.63) is 34.2 Å². The van der Waals surface area contributed by atoms with Crippen molar-refractivity contribution in [1.29, 1.82) is 0 Å². The van der Waals surface area contributed by atoms with Gasteiger partial charge in [-0.2, -0.15) is 0 Å². The van der Waals surface area contributed by atoms with Crippen molar-refractivity contribution in [1.82, 2.24) is 4.98 Å². The highest BCUT2D eigenvalue weighted by molar-refractivity contribution is 7.15. The van der Waals surface area contributed by atoms with E-state index >= 15 is 0 Å². The van der Waals surface area contributed by atoms with Crippen LogP contribution in [0.2, 0.25) is 0 Å². The quantitative estimate of drug-likeness (QED) is 0.848. The van der Waals surface area contributed by atoms with Gasteiger partial charge in [0.05, 0.1) is 17.8 Å². The Kier molecular flexibility index (Phi) is 5.39. The first kappa shape index (κ1) is 16.0. The molecule has 0 saturated heterocycles. The Morgan fingerprint density at radius 1 is 1.38 bits per heavy atom. The lowest BCUT2D eigenvalue weighted by molar-refractivity contribution is 0.102. The summed E-state index contributed by atoms with van der Waals surface area (Å²) in [5.74, 6) is 0.405. The number of rotatable bonds is 3. The van der Waals surface area contributed by atoms with Gasteiger partial charge in [0, 0.05) is 4.88 Å². The molecule has 3 rings (SSSR count). The van der Waals surface area contributed by atoms with Crippen molar-refractivity contribution in [2.75, 3.05) is 5.32 Å². The van der Waals surface area contributed by atoms with Gasteiger partial charge in [0.15, 0.2) is 5.13 Å². The van der Waals surface area contributed by atoms with Crippen LogP contribution in [0.1, 0.15) is 46.0 Å². The maximum Gasteiger partial charge on any atom is 0.260 e. The highest BCUT2D eigenvalue weighted by atomic mass is 35.5. The summed E-state index contributed by atoms with van der Waals surface area (Å²) in [6, 6.07) is 1.66. The molecule has 0 fully saturated rings. The van der Waals surface area contributed by atoms with Crippen LogP contribution >= 0.6 is 23.7 Å². The fraction of sp³-hybridized carbons (Fsp3) is 0.429. The summed E-state index contributed by atoms with van der Waals surface area (Å²) in [7, 11) is 0. The third-order valence-electron chi connectivity index (χ3n) is 3.43. The third kappa shape index (κ3) is 3.64. The van der Waals surface area contributed by atoms with Gasteiger partial charge in [-0.15, -0.1) is 23.7 Å². The van der Waals surface area contributed by atoms with Crippen LogP contribution in [0.4, 0.5) is 5.13 Å². The number of carbonyl (C=O) groups is 1. The van der Waals surface area contributed by atoms with Gasteiger partial charge in [0.2, 0.25) is 0 Å². The molecule has 0 unspecified atom stereocenters. The molecule has 21 heavy (non-hydrogen) atoms. The second kappa shape index (κ2) is 7.06. The summed E-state index contributed by atoms with van der Waals surface area (Å²) in [6.07, 6.45) is 7.18. The Morgan fingerprint density at radius 2 is 2.19 bits per heavy atom. The maximum atomic E-state index is 12.1. The van der Waals surface area contributed by atoms with Crippen LogP contribution in [0.3, 0.4) is 0 Å². The van der Waals surface area contributed by atoms with Crippen molar-refractivity contribution < 1.29 is 9.21 Å². The number of hydrogen-bond donors (Lipinski definition) is 2. The summed E-state index contributed by atoms with van der Waals surface area (Å²) in [5, 5.41) is 3.52. The lowest BCUT2D eigenvalue weighted by atomic mass is 10.2. The second-order valence-electron chi connectivity index (χ2n) is 4.91. The molecule has 1 aliphatic rings. The molecule has 2 heterocycles. The van der Waals surface area contributed by atoms with Gasteiger partial charge in [-0.3, -0.25) is 10.1 Å². The molecule has 1 amide bonds. The number of hydrogen-bond acceptors (Lipinski definition) is 5. The van der Waals surface area contributed by atoms with Gasteiger partial charge in [-0.1, -0.05) is 6.42 Å². The first-order chi connectivity index (χ1) is 9.76. The number of nitrogens with zero attached hydrogens (tertiary/aromatic N) is 1. The van der Waals surface area contributed by atoms with E-state index in [2.05, 4.69) is 10.3 Å². The summed E-state index contributed by atoms with van der Waals surface area (Å²) in [6.45, 7) is 0.291. The number of nitrogens with one attached hydrogen (secondary N) is 1. The van der Waals surface area contributed by atoms with Gasteiger partial charge < -0.3 is 10.2 Å². The molecule has 2 aromatic heterocycles. The van der Waals surface area contributed by atoms with E-state index in [4.69, 9.17) is 10.2 Å². The number of furan rings is 1. The number of aromatic nitrogens is 1. The van der Waals surface area contributed by atoms with Crippen molar-refractivity contribution in [2.45, 2.75) is 38.6 Å². The normalized spacial score (nSPS) is 14.0. The Labute approximate surface area is 133 Å². The summed E-state index contributed by atoms with van der Waals surface area (Å²) < 4.78 is 5.17. The minimum absolute atomic E-state index is 0. The van der Waals surface area contributed by atoms with E-state index in [9.17, 15) is 4.79 Å². The van der Waals surface area contributed by atoms with Crippen LogP contribution in [-0.2, 0) is 19.4 Å². The average Bonchev–Trinajstić information content (AvgIpc) is 3.01. The van der Waals surface area contributed by atoms with Gasteiger partial charge in [-0.05, 0) is 31.7 Å². The molecule has 0 saturated carbocycles. The van der Waals surface area contributed by atoms with E-state index in [-0.39, 0.29) is 18.3 Å². The number of carbonyl (C=O) groups excluding carboxylic acids is 1. The Morgan fingerprint density at radius 3 is 2.95 bits per heavy atom. The lowest BCUT2D eigenvalue weighted by Crippen LogP contribution is -2.10. The van der Waals surface area contributed by atoms with Gasteiger partial charge in [-0.25, -0.2) is 4.98 Å². The van der Waals surface area contributed by atoms with Crippen molar-refractivity contribution in [3.8, 4) is 0 Å². The van der Waals surface area contributed by atoms with E-state index in [1.165, 1.54) is 30.4 Å². The summed E-state index contributed by atoms with van der Waals surface area (Å²) in [5.41, 5.74) is 7.09. The average molecular weight is 328 g/mol. The number of nitrogens with two attached hydrogens (primary N) is 1. The molecule has 0 spiro atoms. The van der Waals surface area contributed by atoms with E-state index in [0.29, 0.717) is 23.0 Å². The molecule has 0 aromatic carbocycles. The number of anilines is 1. The molecule has 2 aromatic rings. The minimum Gasteiger partial charge on any atom is -0.467 e. The first-order valence-corrected chi connectivity index (χ1v) is 7.65. The van der Waals surface area contributed by atoms with Crippen molar-refractivity contribution >= 4 is 34.8 Å². The smallest absolute Gasteiger partial charge is 0.260 e. The van der Waals surface area contributed by atoms with E-state index in [1.807, 2.05) is 0 Å². The Hall–Kier alpha value is -1.37. The van der Waals surface area contributed by atoms with Gasteiger partial charge in [0.1, 0.15) is 12.0 Å². The third-order valence-corrected chi connectivity index (χ3v) is 4.51. The molecule has 0 radical (unpaired) electrons. The topological polar surface area (TPSA) is 81.2 Å². The molecule has 0 atom stereocenters. The van der Waals surface area contributed by atoms with Crippen LogP contribution in [0.15, 0.2) is 16.7 Å². The Balaban J connectivity index is 0.00000161. The summed E-state index contributed by atoms with van der Waals surface area (Å²) in [4.78, 5) is 17.9. The molecule has 0 bridgehead atoms. The first-order valence-electron chi connectivity index (χ1n) is 6.83. The highest BCUT2D eigenvalue weighted by Gasteiger charge is 2.16. The number of amides is 1. The number of fused-ring (bicyclic) bond motifs is 1. The van der Waals surface area contributed by atoms with Gasteiger partial charge >= 0.3 is 0 Å². The van der Waals surface area contributed by atoms with Gasteiger partial charge in [0.25, 0.3) is 5.91 Å². The van der Waals surface area contributed by atoms with Crippen molar-refractivity contribution in [2.24, 2.45) is 5.73 Å². The fourth-order valence-electron chi connectivity index (χ4n) is 2.36. The van der Waals surface area contributed by atoms with E-state index in [1.54, 1.807) is 17.4 Å². The van der Waals surface area contributed by atoms with Crippen LogP contribution in [0.25, 0.3) is 0 Å². The van der Waals surface area contributed by atoms with Crippen molar-refractivity contribution in [3.63, 3.8) is 0 Å². The highest BCUT2D eigenvalue weighted by Crippen LogP contribution is 2.29. The van der Waals surface area contributed by atoms with E-state index < -0.39 is 0 Å². The molecule has 0 aliphatic heterocycles. The van der Waals surface area contributed by atoms with Crippen LogP contribution in [-0.4, -0.2) is 10.9 Å². The molecule has 1 aliphatic carbocycles. The molecular formula is C14H18ClN3O2S. The molecule has 7 heteroatoms. The SMILES string of the molecule is Cl.NCc1cc(C(=O)Nc2nc3c(s2)CCCCC3)co1. The zero-order valence-corrected chi connectivity index (χ0v) is 13.2. The summed E-state index contributed by atoms with van der Waals surface area (Å²) >= 11 is 1.59. The van der Waals surface area contributed by atoms with Crippen LogP contribution < -0.4 is 11.1 Å². The minimum atomic E-state index is -0.197. The second-order valence-corrected chi connectivity index (χ2v) is 5.99. The fourth-order valence-corrected chi connectivity index (χ4v) is 3.40. The van der Waals surface area contributed by atoms with Crippen LogP contribution in [0.5, 0.6) is 0 Å². The van der Waals surface area contributed by atoms with E-state index in [0.717, 1.165) is 18.5 Å². The van der Waals surface area contributed by atoms with Crippen LogP contribution in [0, 0.1) is 0 Å². The number of aryl methyl sites for hydroxylation is 2. The molecular weight excluding hydrogens is 310 g/mol. The predicted octanol–water partition coefficient (Wildman–Crippen LogP) is 3.14. The Bertz CT molecular complexity index is 600.